The van der Waals surface area contributed by atoms with Crippen molar-refractivity contribution in [1.29, 1.82) is 0 Å². The van der Waals surface area contributed by atoms with E-state index in [9.17, 15) is 13.2 Å². The molecule has 7 nitrogen and oxygen atoms in total. The summed E-state index contributed by atoms with van der Waals surface area (Å²) in [5.74, 6) is 0.440. The Hall–Kier alpha value is -1.27. The maximum Gasteiger partial charge on any atom is 0.324 e. The van der Waals surface area contributed by atoms with Crippen molar-refractivity contribution in [3.63, 3.8) is 0 Å². The lowest BCUT2D eigenvalue weighted by Gasteiger charge is -2.36. The molecule has 19 heavy (non-hydrogen) atoms. The van der Waals surface area contributed by atoms with E-state index < -0.39 is 16.1 Å². The van der Waals surface area contributed by atoms with Crippen molar-refractivity contribution < 1.29 is 13.2 Å². The SMILES string of the molecule is CC1(C)C2CCC13CS(=O)(=O)N(C(=O)N=[N+]=[N-])C3C2. The van der Waals surface area contributed by atoms with Crippen molar-refractivity contribution in [3.8, 4) is 0 Å². The van der Waals surface area contributed by atoms with Crippen LogP contribution in [0, 0.1) is 16.7 Å². The molecule has 2 amide bonds. The highest BCUT2D eigenvalue weighted by Gasteiger charge is 2.72. The number of carbonyl (C=O) groups is 1. The molecule has 1 saturated heterocycles. The van der Waals surface area contributed by atoms with Crippen molar-refractivity contribution in [2.24, 2.45) is 21.9 Å². The lowest BCUT2D eigenvalue weighted by atomic mass is 9.69. The lowest BCUT2D eigenvalue weighted by Crippen LogP contribution is -2.43. The predicted molar refractivity (Wildman–Crippen MR) is 67.5 cm³/mol. The highest BCUT2D eigenvalue weighted by molar-refractivity contribution is 7.90. The molecule has 0 N–H and O–H groups in total. The Bertz CT molecular complexity index is 607. The Kier molecular flexibility index (Phi) is 2.30. The lowest BCUT2D eigenvalue weighted by molar-refractivity contribution is 0.121. The minimum atomic E-state index is -3.66. The summed E-state index contributed by atoms with van der Waals surface area (Å²) in [7, 11) is -3.66. The Morgan fingerprint density at radius 1 is 1.47 bits per heavy atom. The number of nitrogens with zero attached hydrogens (tertiary/aromatic N) is 4. The van der Waals surface area contributed by atoms with Gasteiger partial charge in [-0.05, 0) is 36.1 Å². The molecule has 1 spiro atoms. The zero-order valence-electron chi connectivity index (χ0n) is 10.9. The van der Waals surface area contributed by atoms with Crippen molar-refractivity contribution in [2.45, 2.75) is 39.2 Å². The highest BCUT2D eigenvalue weighted by atomic mass is 32.2. The van der Waals surface area contributed by atoms with E-state index in [1.165, 1.54) is 0 Å². The quantitative estimate of drug-likeness (QED) is 0.387. The normalized spacial score (nSPS) is 40.8. The molecule has 2 bridgehead atoms. The molecule has 3 fully saturated rings. The molecule has 0 aromatic carbocycles. The largest absolute Gasteiger partial charge is 0.324 e. The second-order valence-corrected chi connectivity index (χ2v) is 8.23. The van der Waals surface area contributed by atoms with Crippen LogP contribution >= 0.6 is 0 Å². The molecule has 3 unspecified atom stereocenters. The summed E-state index contributed by atoms with van der Waals surface area (Å²) >= 11 is 0. The Morgan fingerprint density at radius 3 is 2.74 bits per heavy atom. The fraction of sp³-hybridized carbons (Fsp3) is 0.909. The first kappa shape index (κ1) is 12.7. The van der Waals surface area contributed by atoms with E-state index in [1.54, 1.807) is 0 Å². The number of urea groups is 1. The number of rotatable bonds is 0. The van der Waals surface area contributed by atoms with E-state index >= 15 is 0 Å². The minimum Gasteiger partial charge on any atom is -0.266 e. The van der Waals surface area contributed by atoms with Gasteiger partial charge in [0, 0.05) is 15.4 Å². The molecule has 3 rings (SSSR count). The second-order valence-electron chi connectivity index (χ2n) is 6.39. The third-order valence-corrected chi connectivity index (χ3v) is 7.62. The van der Waals surface area contributed by atoms with Gasteiger partial charge in [-0.2, -0.15) is 0 Å². The Balaban J connectivity index is 2.11. The number of hydrogen-bond donors (Lipinski definition) is 0. The monoisotopic (exact) mass is 284 g/mol. The average molecular weight is 284 g/mol. The predicted octanol–water partition coefficient (Wildman–Crippen LogP) is 2.26. The van der Waals surface area contributed by atoms with E-state index in [2.05, 4.69) is 23.9 Å². The van der Waals surface area contributed by atoms with Gasteiger partial charge in [-0.1, -0.05) is 13.8 Å². The molecule has 2 saturated carbocycles. The van der Waals surface area contributed by atoms with Crippen molar-refractivity contribution in [2.75, 3.05) is 5.75 Å². The summed E-state index contributed by atoms with van der Waals surface area (Å²) in [4.78, 5) is 14.2. The van der Waals surface area contributed by atoms with Crippen LogP contribution in [-0.2, 0) is 10.0 Å². The van der Waals surface area contributed by atoms with E-state index in [4.69, 9.17) is 5.53 Å². The number of azide groups is 1. The van der Waals surface area contributed by atoms with Crippen molar-refractivity contribution >= 4 is 16.1 Å². The van der Waals surface area contributed by atoms with Crippen LogP contribution in [0.25, 0.3) is 10.4 Å². The maximum absolute atomic E-state index is 12.3. The van der Waals surface area contributed by atoms with Gasteiger partial charge >= 0.3 is 6.03 Å². The first-order valence-corrected chi connectivity index (χ1v) is 7.98. The minimum absolute atomic E-state index is 0.000848. The molecule has 0 radical (unpaired) electrons. The van der Waals surface area contributed by atoms with Crippen LogP contribution in [0.3, 0.4) is 0 Å². The fourth-order valence-electron chi connectivity index (χ4n) is 4.62. The standard InChI is InChI=1S/C11H16N4O3S/c1-10(2)7-3-4-11(10)6-19(17,18)15(8(11)5-7)9(16)13-14-12/h7-8H,3-6H2,1-2H3. The zero-order chi connectivity index (χ0) is 14.1. The summed E-state index contributed by atoms with van der Waals surface area (Å²) in [6.45, 7) is 4.20. The molecule has 1 aliphatic heterocycles. The number of fused-ring (bicyclic) bond motifs is 1. The molecule has 104 valence electrons. The molecular weight excluding hydrogens is 268 g/mol. The second kappa shape index (κ2) is 3.43. The third kappa shape index (κ3) is 1.31. The summed E-state index contributed by atoms with van der Waals surface area (Å²) in [5, 5.41) is 2.98. The van der Waals surface area contributed by atoms with Gasteiger partial charge in [0.2, 0.25) is 10.0 Å². The smallest absolute Gasteiger partial charge is 0.266 e. The topological polar surface area (TPSA) is 103 Å². The van der Waals surface area contributed by atoms with Crippen LogP contribution < -0.4 is 0 Å². The van der Waals surface area contributed by atoms with Gasteiger partial charge in [0.05, 0.1) is 11.8 Å². The van der Waals surface area contributed by atoms with Gasteiger partial charge in [-0.3, -0.25) is 4.79 Å². The summed E-state index contributed by atoms with van der Waals surface area (Å²) in [6.07, 6.45) is 2.54. The van der Waals surface area contributed by atoms with E-state index in [-0.39, 0.29) is 22.6 Å². The van der Waals surface area contributed by atoms with Gasteiger partial charge in [0.1, 0.15) is 0 Å². The molecule has 1 heterocycles. The molecule has 8 heteroatoms. The van der Waals surface area contributed by atoms with Gasteiger partial charge in [-0.25, -0.2) is 12.7 Å². The van der Waals surface area contributed by atoms with Gasteiger partial charge in [0.15, 0.2) is 0 Å². The third-order valence-electron chi connectivity index (χ3n) is 5.73. The fourth-order valence-corrected chi connectivity index (χ4v) is 7.07. The molecule has 0 aromatic heterocycles. The van der Waals surface area contributed by atoms with Gasteiger partial charge in [-0.15, -0.1) is 0 Å². The number of sulfonamides is 1. The molecular formula is C11H16N4O3S. The van der Waals surface area contributed by atoms with Crippen LogP contribution in [0.15, 0.2) is 5.11 Å². The summed E-state index contributed by atoms with van der Waals surface area (Å²) < 4.78 is 25.4. The van der Waals surface area contributed by atoms with Crippen LogP contribution in [0.2, 0.25) is 0 Å². The highest BCUT2D eigenvalue weighted by Crippen LogP contribution is 2.69. The van der Waals surface area contributed by atoms with Gasteiger partial charge < -0.3 is 0 Å². The van der Waals surface area contributed by atoms with Gasteiger partial charge in [0.25, 0.3) is 0 Å². The first-order chi connectivity index (χ1) is 8.76. The van der Waals surface area contributed by atoms with Crippen LogP contribution in [0.1, 0.15) is 33.1 Å². The van der Waals surface area contributed by atoms with Crippen LogP contribution in [-0.4, -0.2) is 30.5 Å². The average Bonchev–Trinajstić information content (AvgIpc) is 2.75. The zero-order valence-corrected chi connectivity index (χ0v) is 11.7. The summed E-state index contributed by atoms with van der Waals surface area (Å²) in [6, 6.07) is -1.31. The van der Waals surface area contributed by atoms with Crippen LogP contribution in [0.4, 0.5) is 4.79 Å². The Labute approximate surface area is 111 Å². The first-order valence-electron chi connectivity index (χ1n) is 6.37. The molecule has 2 aliphatic carbocycles. The molecule has 3 aliphatic rings. The Morgan fingerprint density at radius 2 is 2.16 bits per heavy atom. The van der Waals surface area contributed by atoms with Crippen molar-refractivity contribution in [1.82, 2.24) is 4.31 Å². The number of amides is 2. The van der Waals surface area contributed by atoms with E-state index in [0.717, 1.165) is 17.1 Å². The van der Waals surface area contributed by atoms with E-state index in [1.807, 2.05) is 0 Å². The molecule has 3 atom stereocenters. The van der Waals surface area contributed by atoms with Crippen molar-refractivity contribution in [3.05, 3.63) is 10.4 Å². The van der Waals surface area contributed by atoms with E-state index in [0.29, 0.717) is 12.3 Å². The molecule has 0 aromatic rings. The number of carbonyl (C=O) groups excluding carboxylic acids is 1. The van der Waals surface area contributed by atoms with Crippen LogP contribution in [0.5, 0.6) is 0 Å². The summed E-state index contributed by atoms with van der Waals surface area (Å²) in [5.41, 5.74) is 7.91. The maximum atomic E-state index is 12.3. The number of hydrogen-bond acceptors (Lipinski definition) is 3.